The minimum atomic E-state index is -0.575. The monoisotopic (exact) mass is 442 g/mol. The number of halogens is 1. The molecule has 4 rings (SSSR count). The van der Waals surface area contributed by atoms with E-state index >= 15 is 0 Å². The maximum Gasteiger partial charge on any atom is 0.237 e. The molecule has 2 heterocycles. The van der Waals surface area contributed by atoms with Gasteiger partial charge in [-0.1, -0.05) is 60.7 Å². The number of imide groups is 1. The molecule has 2 aliphatic heterocycles. The molecule has 0 aliphatic carbocycles. The van der Waals surface area contributed by atoms with Gasteiger partial charge in [-0.05, 0) is 49.4 Å². The van der Waals surface area contributed by atoms with Crippen LogP contribution in [-0.2, 0) is 21.5 Å². The van der Waals surface area contributed by atoms with E-state index in [1.54, 1.807) is 0 Å². The number of carbonyl (C=O) groups excluding carboxylic acids is 2. The van der Waals surface area contributed by atoms with Crippen LogP contribution in [0, 0.1) is 5.92 Å². The Bertz CT molecular complexity index is 804. The largest absolute Gasteiger partial charge is 0.299 e. The van der Waals surface area contributed by atoms with Crippen LogP contribution in [0.15, 0.2) is 60.7 Å². The van der Waals surface area contributed by atoms with Gasteiger partial charge in [0.05, 0.1) is 5.41 Å². The number of hydrogen-bond donors (Lipinski definition) is 1. The van der Waals surface area contributed by atoms with E-state index in [0.29, 0.717) is 12.8 Å². The minimum absolute atomic E-state index is 0. The van der Waals surface area contributed by atoms with Crippen LogP contribution < -0.4 is 5.32 Å². The molecule has 0 saturated carbocycles. The molecular weight excluding hydrogens is 416 g/mol. The molecule has 2 fully saturated rings. The van der Waals surface area contributed by atoms with Crippen molar-refractivity contribution in [3.8, 4) is 0 Å². The van der Waals surface area contributed by atoms with E-state index in [1.165, 1.54) is 5.56 Å². The fraction of sp³-hybridized carbons (Fsp3) is 0.391. The molecule has 5 heteroatoms. The van der Waals surface area contributed by atoms with Crippen LogP contribution in [0.3, 0.4) is 0 Å². The zero-order valence-corrected chi connectivity index (χ0v) is 17.7. The molecule has 28 heavy (non-hydrogen) atoms. The van der Waals surface area contributed by atoms with Gasteiger partial charge in [0, 0.05) is 13.0 Å². The van der Waals surface area contributed by atoms with Crippen molar-refractivity contribution in [2.75, 3.05) is 13.1 Å². The third kappa shape index (κ3) is 4.06. The molecule has 148 valence electrons. The average Bonchev–Trinajstić information content (AvgIpc) is 2.71. The Kier molecular flexibility index (Phi) is 6.68. The van der Waals surface area contributed by atoms with Crippen LogP contribution >= 0.6 is 17.0 Å². The van der Waals surface area contributed by atoms with Gasteiger partial charge in [-0.15, -0.1) is 17.0 Å². The van der Waals surface area contributed by atoms with Crippen LogP contribution in [0.5, 0.6) is 0 Å². The maximum atomic E-state index is 13.1. The fourth-order valence-electron chi connectivity index (χ4n) is 4.79. The molecule has 0 bridgehead atoms. The van der Waals surface area contributed by atoms with E-state index in [9.17, 15) is 9.59 Å². The number of carbonyl (C=O) groups is 2. The third-order valence-electron chi connectivity index (χ3n) is 6.23. The zero-order chi connectivity index (χ0) is 18.7. The first-order valence-electron chi connectivity index (χ1n) is 9.84. The molecular formula is C23H27BrN2O2. The summed E-state index contributed by atoms with van der Waals surface area (Å²) >= 11 is 0. The van der Waals surface area contributed by atoms with E-state index in [1.807, 2.05) is 36.4 Å². The van der Waals surface area contributed by atoms with E-state index in [4.69, 9.17) is 0 Å². The van der Waals surface area contributed by atoms with Crippen LogP contribution in [0.4, 0.5) is 0 Å². The van der Waals surface area contributed by atoms with Crippen molar-refractivity contribution in [3.05, 3.63) is 71.8 Å². The first-order valence-corrected chi connectivity index (χ1v) is 9.84. The number of rotatable bonds is 4. The Balaban J connectivity index is 0.00000225. The lowest BCUT2D eigenvalue weighted by molar-refractivity contribution is -0.140. The van der Waals surface area contributed by atoms with Crippen molar-refractivity contribution in [3.63, 3.8) is 0 Å². The van der Waals surface area contributed by atoms with E-state index in [2.05, 4.69) is 34.5 Å². The lowest BCUT2D eigenvalue weighted by Crippen LogP contribution is -2.57. The van der Waals surface area contributed by atoms with E-state index in [0.717, 1.165) is 38.0 Å². The summed E-state index contributed by atoms with van der Waals surface area (Å²) < 4.78 is 0. The van der Waals surface area contributed by atoms with Gasteiger partial charge in [-0.3, -0.25) is 19.8 Å². The van der Waals surface area contributed by atoms with Gasteiger partial charge in [0.1, 0.15) is 0 Å². The molecule has 2 aromatic rings. The van der Waals surface area contributed by atoms with Gasteiger partial charge in [0.2, 0.25) is 11.8 Å². The normalized spacial score (nSPS) is 23.7. The molecule has 1 atom stereocenters. The zero-order valence-electron chi connectivity index (χ0n) is 16.0. The van der Waals surface area contributed by atoms with Crippen molar-refractivity contribution < 1.29 is 9.59 Å². The lowest BCUT2D eigenvalue weighted by Gasteiger charge is -2.45. The summed E-state index contributed by atoms with van der Waals surface area (Å²) in [6, 6.07) is 20.6. The number of amides is 2. The summed E-state index contributed by atoms with van der Waals surface area (Å²) in [5.41, 5.74) is 1.81. The Labute approximate surface area is 177 Å². The number of likely N-dealkylation sites (tertiary alicyclic amines) is 1. The number of nitrogens with zero attached hydrogens (tertiary/aromatic N) is 1. The van der Waals surface area contributed by atoms with Gasteiger partial charge in [0.25, 0.3) is 0 Å². The highest BCUT2D eigenvalue weighted by molar-refractivity contribution is 8.93. The molecule has 0 spiro atoms. The number of hydrogen-bond acceptors (Lipinski definition) is 3. The highest BCUT2D eigenvalue weighted by Gasteiger charge is 2.50. The topological polar surface area (TPSA) is 49.4 Å². The predicted octanol–water partition coefficient (Wildman–Crippen LogP) is 3.85. The second-order valence-corrected chi connectivity index (χ2v) is 7.75. The Morgan fingerprint density at radius 2 is 1.54 bits per heavy atom. The highest BCUT2D eigenvalue weighted by atomic mass is 79.9. The Morgan fingerprint density at radius 3 is 2.14 bits per heavy atom. The van der Waals surface area contributed by atoms with Gasteiger partial charge < -0.3 is 0 Å². The molecule has 0 radical (unpaired) electrons. The molecule has 1 N–H and O–H groups in total. The summed E-state index contributed by atoms with van der Waals surface area (Å²) in [6.45, 7) is 2.92. The number of piperidine rings is 2. The molecule has 0 aromatic heterocycles. The second-order valence-electron chi connectivity index (χ2n) is 7.75. The first kappa shape index (κ1) is 20.7. The lowest BCUT2D eigenvalue weighted by atomic mass is 9.62. The van der Waals surface area contributed by atoms with Crippen molar-refractivity contribution in [2.24, 2.45) is 5.92 Å². The van der Waals surface area contributed by atoms with Crippen LogP contribution in [0.1, 0.15) is 36.8 Å². The summed E-state index contributed by atoms with van der Waals surface area (Å²) in [5, 5.41) is 2.63. The number of nitrogens with one attached hydrogen (secondary N) is 1. The van der Waals surface area contributed by atoms with E-state index in [-0.39, 0.29) is 34.7 Å². The fourth-order valence-corrected chi connectivity index (χ4v) is 4.79. The maximum absolute atomic E-state index is 13.1. The van der Waals surface area contributed by atoms with Gasteiger partial charge in [-0.25, -0.2) is 0 Å². The Morgan fingerprint density at radius 1 is 0.929 bits per heavy atom. The van der Waals surface area contributed by atoms with E-state index < -0.39 is 5.41 Å². The van der Waals surface area contributed by atoms with Gasteiger partial charge >= 0.3 is 0 Å². The van der Waals surface area contributed by atoms with Crippen molar-refractivity contribution in [1.29, 1.82) is 0 Å². The standard InChI is InChI=1S/C23H26N2O2.BrH/c26-21-11-14-23(22(27)24-21,19-9-5-2-6-10-19)20-12-15-25(16-13-20)17-18-7-3-1-4-8-18;/h1-10,20H,11-17H2,(H,24,26,27);1H. The van der Waals surface area contributed by atoms with Gasteiger partial charge in [0.15, 0.2) is 0 Å². The first-order chi connectivity index (χ1) is 13.2. The minimum Gasteiger partial charge on any atom is -0.299 e. The molecule has 2 amide bonds. The quantitative estimate of drug-likeness (QED) is 0.731. The second kappa shape index (κ2) is 9.01. The molecule has 2 aliphatic rings. The summed E-state index contributed by atoms with van der Waals surface area (Å²) in [7, 11) is 0. The molecule has 4 nitrogen and oxygen atoms in total. The summed E-state index contributed by atoms with van der Waals surface area (Å²) in [6.07, 6.45) is 2.99. The van der Waals surface area contributed by atoms with Crippen molar-refractivity contribution in [2.45, 2.75) is 37.6 Å². The van der Waals surface area contributed by atoms with Crippen LogP contribution in [0.25, 0.3) is 0 Å². The summed E-state index contributed by atoms with van der Waals surface area (Å²) in [5.74, 6) is 0.0135. The molecule has 2 saturated heterocycles. The molecule has 2 aromatic carbocycles. The Hall–Kier alpha value is -1.98. The van der Waals surface area contributed by atoms with Crippen LogP contribution in [-0.4, -0.2) is 29.8 Å². The number of benzene rings is 2. The summed E-state index contributed by atoms with van der Waals surface area (Å²) in [4.78, 5) is 27.3. The van der Waals surface area contributed by atoms with Gasteiger partial charge in [-0.2, -0.15) is 0 Å². The average molecular weight is 443 g/mol. The van der Waals surface area contributed by atoms with Crippen molar-refractivity contribution >= 4 is 28.8 Å². The van der Waals surface area contributed by atoms with Crippen LogP contribution in [0.2, 0.25) is 0 Å². The predicted molar refractivity (Wildman–Crippen MR) is 115 cm³/mol. The third-order valence-corrected chi connectivity index (χ3v) is 6.23. The SMILES string of the molecule is Br.O=C1CCC(c2ccccc2)(C2CCN(Cc3ccccc3)CC2)C(=O)N1. The molecule has 1 unspecified atom stereocenters. The van der Waals surface area contributed by atoms with Crippen molar-refractivity contribution in [1.82, 2.24) is 10.2 Å². The highest BCUT2D eigenvalue weighted by Crippen LogP contribution is 2.44. The smallest absolute Gasteiger partial charge is 0.237 e.